The molecule has 1 amide bonds. The molecule has 1 aliphatic heterocycles. The number of Topliss-reactive ketones (excluding diaryl/α,β-unsaturated/α-hetero) is 1. The van der Waals surface area contributed by atoms with Gasteiger partial charge in [0.15, 0.2) is 5.78 Å². The summed E-state index contributed by atoms with van der Waals surface area (Å²) in [6.45, 7) is 7.64. The smallest absolute Gasteiger partial charge is 0.349 e. The quantitative estimate of drug-likeness (QED) is 0.0583. The average molecular weight is 821 g/mol. The van der Waals surface area contributed by atoms with Gasteiger partial charge in [0.25, 0.3) is 5.91 Å². The third kappa shape index (κ3) is 10.6. The van der Waals surface area contributed by atoms with E-state index in [2.05, 4.69) is 83.4 Å². The van der Waals surface area contributed by atoms with Crippen LogP contribution in [0.2, 0.25) is 0 Å². The van der Waals surface area contributed by atoms with Gasteiger partial charge >= 0.3 is 5.97 Å². The van der Waals surface area contributed by atoms with Crippen LogP contribution in [0.4, 0.5) is 4.39 Å². The van der Waals surface area contributed by atoms with E-state index < -0.39 is 40.4 Å². The number of carbonyl (C=O) groups is 3. The highest BCUT2D eigenvalue weighted by atomic mass is 35.5. The van der Waals surface area contributed by atoms with Crippen LogP contribution in [0.25, 0.3) is 0 Å². The molecule has 0 saturated carbocycles. The van der Waals surface area contributed by atoms with Crippen molar-refractivity contribution in [1.82, 2.24) is 10.6 Å². The number of halogens is 2. The fraction of sp³-hybridized carbons (Fsp3) is 0.312. The van der Waals surface area contributed by atoms with Crippen LogP contribution >= 0.6 is 23.4 Å². The summed E-state index contributed by atoms with van der Waals surface area (Å²) in [5.41, 5.74) is 4.55. The van der Waals surface area contributed by atoms with E-state index in [4.69, 9.17) is 21.1 Å². The Labute approximate surface area is 350 Å². The lowest BCUT2D eigenvalue weighted by Crippen LogP contribution is -2.47. The first kappa shape index (κ1) is 42.6. The van der Waals surface area contributed by atoms with Crippen molar-refractivity contribution in [3.8, 4) is 5.75 Å². The van der Waals surface area contributed by atoms with Crippen molar-refractivity contribution in [2.45, 2.75) is 80.7 Å². The van der Waals surface area contributed by atoms with E-state index in [0.717, 1.165) is 22.3 Å². The van der Waals surface area contributed by atoms with Crippen LogP contribution in [0.15, 0.2) is 133 Å². The summed E-state index contributed by atoms with van der Waals surface area (Å²) in [6.07, 6.45) is 0.530. The van der Waals surface area contributed by atoms with Gasteiger partial charge in [0, 0.05) is 17.4 Å². The number of amides is 1. The highest BCUT2D eigenvalue weighted by Gasteiger charge is 2.45. The number of hydrogen-bond donors (Lipinski definition) is 2. The van der Waals surface area contributed by atoms with Crippen molar-refractivity contribution in [3.05, 3.63) is 173 Å². The normalized spacial score (nSPS) is 16.6. The molecule has 5 aromatic rings. The maximum absolute atomic E-state index is 14.1. The summed E-state index contributed by atoms with van der Waals surface area (Å²) in [6, 6.07) is 41.6. The largest absolute Gasteiger partial charge is 0.477 e. The number of hydrogen-bond acceptors (Lipinski definition) is 7. The van der Waals surface area contributed by atoms with E-state index in [-0.39, 0.29) is 22.7 Å². The van der Waals surface area contributed by atoms with Gasteiger partial charge in [0.1, 0.15) is 17.2 Å². The van der Waals surface area contributed by atoms with Gasteiger partial charge in [-0.3, -0.25) is 9.59 Å². The van der Waals surface area contributed by atoms with Crippen LogP contribution < -0.4 is 15.4 Å². The second-order valence-electron chi connectivity index (χ2n) is 15.6. The van der Waals surface area contributed by atoms with Gasteiger partial charge in [-0.15, -0.1) is 23.4 Å². The van der Waals surface area contributed by atoms with Crippen LogP contribution in [0.3, 0.4) is 0 Å². The highest BCUT2D eigenvalue weighted by Crippen LogP contribution is 2.51. The zero-order chi connectivity index (χ0) is 41.3. The molecular formula is C48H50ClFN2O5S. The van der Waals surface area contributed by atoms with Gasteiger partial charge in [-0.05, 0) is 99.0 Å². The first-order valence-corrected chi connectivity index (χ1v) is 21.0. The predicted molar refractivity (Wildman–Crippen MR) is 230 cm³/mol. The van der Waals surface area contributed by atoms with Gasteiger partial charge in [0.05, 0.1) is 22.7 Å². The van der Waals surface area contributed by atoms with Crippen LogP contribution in [-0.2, 0) is 31.9 Å². The summed E-state index contributed by atoms with van der Waals surface area (Å²) in [5, 5.41) is 6.42. The van der Waals surface area contributed by atoms with Crippen molar-refractivity contribution in [1.29, 1.82) is 0 Å². The molecule has 0 radical (unpaired) electrons. The van der Waals surface area contributed by atoms with Gasteiger partial charge in [-0.25, -0.2) is 9.18 Å². The molecule has 1 fully saturated rings. The maximum atomic E-state index is 14.1. The third-order valence-corrected chi connectivity index (χ3v) is 12.2. The number of thioether (sulfide) groups is 1. The van der Waals surface area contributed by atoms with Gasteiger partial charge in [0.2, 0.25) is 6.10 Å². The van der Waals surface area contributed by atoms with Crippen LogP contribution in [0, 0.1) is 5.82 Å². The Balaban J connectivity index is 1.31. The molecule has 7 nitrogen and oxygen atoms in total. The lowest BCUT2D eigenvalue weighted by Gasteiger charge is -2.37. The molecule has 0 aliphatic carbocycles. The zero-order valence-corrected chi connectivity index (χ0v) is 34.8. The predicted octanol–water partition coefficient (Wildman–Crippen LogP) is 9.08. The molecule has 1 aliphatic rings. The molecule has 6 rings (SSSR count). The number of esters is 1. The maximum Gasteiger partial charge on any atom is 0.349 e. The van der Waals surface area contributed by atoms with Crippen molar-refractivity contribution in [3.63, 3.8) is 0 Å². The van der Waals surface area contributed by atoms with Crippen molar-refractivity contribution in [2.75, 3.05) is 12.4 Å². The Morgan fingerprint density at radius 3 is 1.93 bits per heavy atom. The number of alkyl halides is 1. The van der Waals surface area contributed by atoms with Crippen LogP contribution in [0.5, 0.6) is 5.75 Å². The van der Waals surface area contributed by atoms with Gasteiger partial charge < -0.3 is 20.1 Å². The molecule has 0 bridgehead atoms. The fourth-order valence-electron chi connectivity index (χ4n) is 7.29. The molecule has 2 N–H and O–H groups in total. The zero-order valence-electron chi connectivity index (χ0n) is 33.3. The highest BCUT2D eigenvalue weighted by molar-refractivity contribution is 8.01. The minimum Gasteiger partial charge on any atom is -0.477 e. The van der Waals surface area contributed by atoms with E-state index in [0.29, 0.717) is 42.7 Å². The van der Waals surface area contributed by atoms with E-state index >= 15 is 0 Å². The monoisotopic (exact) mass is 820 g/mol. The molecule has 302 valence electrons. The summed E-state index contributed by atoms with van der Waals surface area (Å²) in [7, 11) is 0. The standard InChI is InChI=1S/C48H50ClFN2O5S/c1-32(43(53)30-49)52-45(54)41-28-39(27-24-34(41)23-20-33-21-25-38(50)26-22-33)56-44(46(55)57-47(2,3)4)42-29-40(31-51-42)58-48(35-14-8-5-9-15-35,36-16-10-6-11-17-36)37-18-12-7-13-19-37/h5-19,21-22,24-28,32,40,42,44,51H,20,23,29-31H2,1-4H3,(H,52,54)/t32-,40-,42-,44?/m0/s1. The Bertz CT molecular complexity index is 2050. The van der Waals surface area contributed by atoms with Crippen LogP contribution in [0.1, 0.15) is 72.3 Å². The number of aryl methyl sites for hydroxylation is 2. The summed E-state index contributed by atoms with van der Waals surface area (Å²) in [5.74, 6) is -1.59. The molecular weight excluding hydrogens is 771 g/mol. The van der Waals surface area contributed by atoms with E-state index in [1.165, 1.54) is 12.1 Å². The Hall–Kier alpha value is -4.96. The average Bonchev–Trinajstić information content (AvgIpc) is 3.69. The second kappa shape index (κ2) is 19.2. The van der Waals surface area contributed by atoms with Gasteiger partial charge in [-0.2, -0.15) is 0 Å². The third-order valence-electron chi connectivity index (χ3n) is 10.2. The number of nitrogens with one attached hydrogen (secondary N) is 2. The molecule has 1 saturated heterocycles. The summed E-state index contributed by atoms with van der Waals surface area (Å²) in [4.78, 5) is 40.2. The molecule has 0 aromatic heterocycles. The fourth-order valence-corrected chi connectivity index (χ4v) is 9.32. The minimum absolute atomic E-state index is 0.0512. The lowest BCUT2D eigenvalue weighted by atomic mass is 9.84. The topological polar surface area (TPSA) is 93.7 Å². The molecule has 5 aromatic carbocycles. The summed E-state index contributed by atoms with van der Waals surface area (Å²) >= 11 is 7.65. The summed E-state index contributed by atoms with van der Waals surface area (Å²) < 4.78 is 25.6. The van der Waals surface area contributed by atoms with Crippen molar-refractivity contribution >= 4 is 41.0 Å². The number of rotatable bonds is 16. The number of ketones is 1. The van der Waals surface area contributed by atoms with Crippen molar-refractivity contribution < 1.29 is 28.2 Å². The van der Waals surface area contributed by atoms with Crippen molar-refractivity contribution in [2.24, 2.45) is 0 Å². The first-order chi connectivity index (χ1) is 27.9. The Morgan fingerprint density at radius 2 is 1.40 bits per heavy atom. The first-order valence-electron chi connectivity index (χ1n) is 19.6. The van der Waals surface area contributed by atoms with E-state index in [1.54, 1.807) is 37.3 Å². The molecule has 1 heterocycles. The van der Waals surface area contributed by atoms with Gasteiger partial charge in [-0.1, -0.05) is 109 Å². The molecule has 58 heavy (non-hydrogen) atoms. The SMILES string of the molecule is C[C@H](NC(=O)c1cc(OC(C(=O)OC(C)(C)C)[C@@H]2C[C@H](SC(c3ccccc3)(c3ccccc3)c3ccccc3)CN2)ccc1CCc1ccc(F)cc1)C(=O)CCl. The molecule has 1 unspecified atom stereocenters. The second-order valence-corrected chi connectivity index (χ2v) is 17.4. The number of ether oxygens (including phenoxy) is 2. The van der Waals surface area contributed by atoms with E-state index in [9.17, 15) is 18.8 Å². The van der Waals surface area contributed by atoms with E-state index in [1.807, 2.05) is 50.7 Å². The number of benzene rings is 5. The van der Waals surface area contributed by atoms with Crippen LogP contribution in [-0.4, -0.2) is 59.1 Å². The minimum atomic E-state index is -1.05. The number of carbonyl (C=O) groups excluding carboxylic acids is 3. The molecule has 10 heteroatoms. The Kier molecular flexibility index (Phi) is 14.1. The lowest BCUT2D eigenvalue weighted by molar-refractivity contribution is -0.164. The molecule has 4 atom stereocenters. The molecule has 0 spiro atoms. The Morgan fingerprint density at radius 1 is 0.828 bits per heavy atom.